The number of likely N-dealkylation sites (N-methyl/N-ethyl adjacent to an activating group) is 1. The summed E-state index contributed by atoms with van der Waals surface area (Å²) in [6.45, 7) is 3.60. The molecule has 2 aromatic carbocycles. The molecule has 0 saturated carbocycles. The van der Waals surface area contributed by atoms with Crippen molar-refractivity contribution in [2.45, 2.75) is 0 Å². The highest BCUT2D eigenvalue weighted by Crippen LogP contribution is 2.35. The summed E-state index contributed by atoms with van der Waals surface area (Å²) in [6, 6.07) is 13.8. The first-order chi connectivity index (χ1) is 15.1. The van der Waals surface area contributed by atoms with Crippen LogP contribution >= 0.6 is 11.6 Å². The predicted octanol–water partition coefficient (Wildman–Crippen LogP) is 3.50. The first-order valence-corrected chi connectivity index (χ1v) is 10.5. The molecule has 3 heterocycles. The Morgan fingerprint density at radius 2 is 1.90 bits per heavy atom. The molecule has 0 aliphatic carbocycles. The monoisotopic (exact) mass is 434 g/mol. The van der Waals surface area contributed by atoms with Crippen LogP contribution in [0.2, 0.25) is 5.02 Å². The van der Waals surface area contributed by atoms with Crippen LogP contribution in [0.3, 0.4) is 0 Å². The number of halogens is 1. The molecule has 1 aliphatic rings. The second-order valence-corrected chi connectivity index (χ2v) is 8.17. The molecule has 0 spiro atoms. The van der Waals surface area contributed by atoms with E-state index in [9.17, 15) is 0 Å². The zero-order chi connectivity index (χ0) is 21.4. The van der Waals surface area contributed by atoms with Crippen molar-refractivity contribution in [1.82, 2.24) is 30.0 Å². The van der Waals surface area contributed by atoms with Crippen molar-refractivity contribution in [2.24, 2.45) is 0 Å². The van der Waals surface area contributed by atoms with E-state index in [2.05, 4.69) is 32.4 Å². The molecule has 1 saturated heterocycles. The summed E-state index contributed by atoms with van der Waals surface area (Å²) in [4.78, 5) is 14.2. The van der Waals surface area contributed by atoms with Gasteiger partial charge in [-0.2, -0.15) is 5.10 Å². The number of hydrogen-bond donors (Lipinski definition) is 3. The normalized spacial score (nSPS) is 15.0. The van der Waals surface area contributed by atoms with Gasteiger partial charge in [-0.05, 0) is 19.2 Å². The van der Waals surface area contributed by atoms with E-state index in [1.54, 1.807) is 6.20 Å². The molecule has 4 aromatic rings. The van der Waals surface area contributed by atoms with Gasteiger partial charge < -0.3 is 11.1 Å². The van der Waals surface area contributed by atoms with Crippen molar-refractivity contribution < 1.29 is 0 Å². The van der Waals surface area contributed by atoms with Crippen LogP contribution in [0.25, 0.3) is 33.4 Å². The van der Waals surface area contributed by atoms with Crippen molar-refractivity contribution in [1.29, 1.82) is 0 Å². The highest BCUT2D eigenvalue weighted by atomic mass is 35.5. The molecule has 9 heteroatoms. The number of rotatable bonds is 5. The molecule has 0 unspecified atom stereocenters. The van der Waals surface area contributed by atoms with E-state index in [0.717, 1.165) is 41.8 Å². The molecule has 5 rings (SSSR count). The highest BCUT2D eigenvalue weighted by molar-refractivity contribution is 6.35. The summed E-state index contributed by atoms with van der Waals surface area (Å²) in [6.07, 6.45) is 1.75. The Labute approximate surface area is 185 Å². The summed E-state index contributed by atoms with van der Waals surface area (Å²) < 4.78 is 0. The van der Waals surface area contributed by atoms with Crippen LogP contribution in [0.4, 0.5) is 11.6 Å². The Morgan fingerprint density at radius 1 is 1.10 bits per heavy atom. The summed E-state index contributed by atoms with van der Waals surface area (Å²) >= 11 is 6.51. The SMILES string of the molecule is CN1CCN(CNc2nc(-c3cc(Cl)c4[nH]ncc4c3)c(-c3ccccc3)nc2N)C1. The first-order valence-electron chi connectivity index (χ1n) is 10.1. The number of aromatic nitrogens is 4. The Morgan fingerprint density at radius 3 is 2.68 bits per heavy atom. The quantitative estimate of drug-likeness (QED) is 0.442. The number of fused-ring (bicyclic) bond motifs is 1. The zero-order valence-electron chi connectivity index (χ0n) is 17.1. The molecule has 31 heavy (non-hydrogen) atoms. The van der Waals surface area contributed by atoms with E-state index in [4.69, 9.17) is 27.3 Å². The fraction of sp³-hybridized carbons (Fsp3) is 0.227. The first kappa shape index (κ1) is 19.7. The fourth-order valence-corrected chi connectivity index (χ4v) is 4.11. The maximum atomic E-state index is 6.51. The Kier molecular flexibility index (Phi) is 5.19. The number of aromatic amines is 1. The predicted molar refractivity (Wildman–Crippen MR) is 125 cm³/mol. The maximum Gasteiger partial charge on any atom is 0.170 e. The molecule has 0 bridgehead atoms. The Balaban J connectivity index is 1.59. The maximum absolute atomic E-state index is 6.51. The van der Waals surface area contributed by atoms with Crippen LogP contribution < -0.4 is 11.1 Å². The van der Waals surface area contributed by atoms with Gasteiger partial charge in [-0.3, -0.25) is 14.9 Å². The minimum Gasteiger partial charge on any atom is -0.381 e. The number of nitrogens with one attached hydrogen (secondary N) is 2. The van der Waals surface area contributed by atoms with Crippen LogP contribution in [0.1, 0.15) is 0 Å². The minimum absolute atomic E-state index is 0.366. The van der Waals surface area contributed by atoms with E-state index < -0.39 is 0 Å². The zero-order valence-corrected chi connectivity index (χ0v) is 17.9. The molecule has 1 aliphatic heterocycles. The van der Waals surface area contributed by atoms with Crippen molar-refractivity contribution in [2.75, 3.05) is 44.5 Å². The van der Waals surface area contributed by atoms with Gasteiger partial charge in [0.05, 0.1) is 41.5 Å². The van der Waals surface area contributed by atoms with Crippen LogP contribution in [0.5, 0.6) is 0 Å². The number of anilines is 2. The van der Waals surface area contributed by atoms with Gasteiger partial charge >= 0.3 is 0 Å². The summed E-state index contributed by atoms with van der Waals surface area (Å²) in [5.74, 6) is 0.929. The van der Waals surface area contributed by atoms with Gasteiger partial charge in [0, 0.05) is 29.6 Å². The van der Waals surface area contributed by atoms with Gasteiger partial charge in [0.2, 0.25) is 0 Å². The third kappa shape index (κ3) is 3.93. The minimum atomic E-state index is 0.366. The van der Waals surface area contributed by atoms with E-state index >= 15 is 0 Å². The average molecular weight is 435 g/mol. The lowest BCUT2D eigenvalue weighted by atomic mass is 10.0. The molecular formula is C22H23ClN8. The molecular weight excluding hydrogens is 412 g/mol. The van der Waals surface area contributed by atoms with Gasteiger partial charge in [0.25, 0.3) is 0 Å². The van der Waals surface area contributed by atoms with Gasteiger partial charge in [-0.15, -0.1) is 0 Å². The molecule has 2 aromatic heterocycles. The van der Waals surface area contributed by atoms with E-state index in [0.29, 0.717) is 34.7 Å². The molecule has 4 N–H and O–H groups in total. The lowest BCUT2D eigenvalue weighted by Gasteiger charge is -2.19. The third-order valence-corrected chi connectivity index (χ3v) is 5.75. The number of nitrogens with zero attached hydrogens (tertiary/aromatic N) is 5. The average Bonchev–Trinajstić information content (AvgIpc) is 3.42. The Bertz CT molecular complexity index is 1220. The summed E-state index contributed by atoms with van der Waals surface area (Å²) in [5.41, 5.74) is 10.3. The van der Waals surface area contributed by atoms with Crippen LogP contribution in [0, 0.1) is 0 Å². The number of nitrogen functional groups attached to an aromatic ring is 1. The standard InChI is InChI=1S/C22H23ClN8/c1-30-7-8-31(13-30)12-25-22-21(24)27-19(14-5-3-2-4-6-14)20(28-22)15-9-16-11-26-29-18(16)17(23)10-15/h2-6,9-11H,7-8,12-13H2,1H3,(H2,24,27)(H,25,28)(H,26,29). The lowest BCUT2D eigenvalue weighted by molar-refractivity contribution is 0.289. The van der Waals surface area contributed by atoms with Gasteiger partial charge in [-0.25, -0.2) is 9.97 Å². The van der Waals surface area contributed by atoms with E-state index in [1.165, 1.54) is 0 Å². The van der Waals surface area contributed by atoms with Crippen molar-refractivity contribution in [3.63, 3.8) is 0 Å². The Hall–Kier alpha value is -3.20. The van der Waals surface area contributed by atoms with Crippen LogP contribution in [-0.4, -0.2) is 63.4 Å². The van der Waals surface area contributed by atoms with E-state index in [1.807, 2.05) is 42.5 Å². The van der Waals surface area contributed by atoms with Gasteiger partial charge in [-0.1, -0.05) is 41.9 Å². The molecule has 0 amide bonds. The smallest absolute Gasteiger partial charge is 0.170 e. The van der Waals surface area contributed by atoms with Crippen molar-refractivity contribution in [3.8, 4) is 22.5 Å². The van der Waals surface area contributed by atoms with Crippen molar-refractivity contribution in [3.05, 3.63) is 53.7 Å². The second kappa shape index (κ2) is 8.14. The van der Waals surface area contributed by atoms with Crippen molar-refractivity contribution >= 4 is 34.1 Å². The fourth-order valence-electron chi connectivity index (χ4n) is 3.84. The van der Waals surface area contributed by atoms with Gasteiger partial charge in [0.15, 0.2) is 11.6 Å². The second-order valence-electron chi connectivity index (χ2n) is 7.76. The summed E-state index contributed by atoms with van der Waals surface area (Å²) in [7, 11) is 2.11. The van der Waals surface area contributed by atoms with Crippen LogP contribution in [-0.2, 0) is 0 Å². The van der Waals surface area contributed by atoms with Gasteiger partial charge in [0.1, 0.15) is 0 Å². The largest absolute Gasteiger partial charge is 0.381 e. The highest BCUT2D eigenvalue weighted by Gasteiger charge is 2.19. The molecule has 0 atom stereocenters. The summed E-state index contributed by atoms with van der Waals surface area (Å²) in [5, 5.41) is 11.9. The van der Waals surface area contributed by atoms with Crippen LogP contribution in [0.15, 0.2) is 48.7 Å². The number of H-pyrrole nitrogens is 1. The number of nitrogens with two attached hydrogens (primary N) is 1. The molecule has 0 radical (unpaired) electrons. The molecule has 8 nitrogen and oxygen atoms in total. The molecule has 158 valence electrons. The third-order valence-electron chi connectivity index (χ3n) is 5.45. The number of hydrogen-bond acceptors (Lipinski definition) is 7. The van der Waals surface area contributed by atoms with E-state index in [-0.39, 0.29) is 0 Å². The topological polar surface area (TPSA) is 99.0 Å². The number of benzene rings is 2. The molecule has 1 fully saturated rings. The lowest BCUT2D eigenvalue weighted by Crippen LogP contribution is -2.29.